The van der Waals surface area contributed by atoms with Gasteiger partial charge in [-0.3, -0.25) is 0 Å². The van der Waals surface area contributed by atoms with E-state index in [0.717, 1.165) is 5.92 Å². The summed E-state index contributed by atoms with van der Waals surface area (Å²) < 4.78 is 0. The lowest BCUT2D eigenvalue weighted by Gasteiger charge is -2.42. The van der Waals surface area contributed by atoms with Gasteiger partial charge in [0.25, 0.3) is 0 Å². The van der Waals surface area contributed by atoms with Crippen molar-refractivity contribution in [1.29, 1.82) is 0 Å². The van der Waals surface area contributed by atoms with Crippen molar-refractivity contribution < 1.29 is 0 Å². The molecule has 2 aliphatic heterocycles. The second-order valence-electron chi connectivity index (χ2n) is 7.92. The first-order chi connectivity index (χ1) is 10.3. The van der Waals surface area contributed by atoms with Crippen LogP contribution >= 0.6 is 15.9 Å². The summed E-state index contributed by atoms with van der Waals surface area (Å²) >= 11 is 3.83. The third-order valence-corrected chi connectivity index (χ3v) is 7.37. The van der Waals surface area contributed by atoms with Gasteiger partial charge in [-0.05, 0) is 76.0 Å². The number of halogens is 1. The highest BCUT2D eigenvalue weighted by Gasteiger charge is 2.34. The first-order valence-electron chi connectivity index (χ1n) is 9.30. The monoisotopic (exact) mass is 356 g/mol. The third kappa shape index (κ3) is 4.45. The molecule has 0 aromatic carbocycles. The van der Waals surface area contributed by atoms with Gasteiger partial charge in [0, 0.05) is 18.4 Å². The Morgan fingerprint density at radius 1 is 0.810 bits per heavy atom. The highest BCUT2D eigenvalue weighted by atomic mass is 79.9. The lowest BCUT2D eigenvalue weighted by atomic mass is 9.75. The third-order valence-electron chi connectivity index (χ3n) is 6.18. The number of likely N-dealkylation sites (tertiary alicyclic amines) is 2. The molecule has 0 aromatic heterocycles. The average molecular weight is 357 g/mol. The maximum atomic E-state index is 3.83. The van der Waals surface area contributed by atoms with E-state index in [4.69, 9.17) is 0 Å². The first-order valence-corrected chi connectivity index (χ1v) is 10.4. The number of piperidine rings is 1. The highest BCUT2D eigenvalue weighted by molar-refractivity contribution is 9.09. The fourth-order valence-corrected chi connectivity index (χ4v) is 5.51. The van der Waals surface area contributed by atoms with Gasteiger partial charge in [0.1, 0.15) is 0 Å². The van der Waals surface area contributed by atoms with Gasteiger partial charge in [-0.15, -0.1) is 0 Å². The summed E-state index contributed by atoms with van der Waals surface area (Å²) in [7, 11) is 0. The Bertz CT molecular complexity index is 300. The van der Waals surface area contributed by atoms with E-state index in [1.807, 2.05) is 0 Å². The van der Waals surface area contributed by atoms with Crippen molar-refractivity contribution >= 4 is 15.9 Å². The van der Waals surface area contributed by atoms with Gasteiger partial charge in [0.05, 0.1) is 0 Å². The second kappa shape index (κ2) is 7.79. The summed E-state index contributed by atoms with van der Waals surface area (Å²) in [6, 6.07) is 0. The molecule has 2 nitrogen and oxygen atoms in total. The van der Waals surface area contributed by atoms with Crippen molar-refractivity contribution in [3.63, 3.8) is 0 Å². The van der Waals surface area contributed by atoms with Gasteiger partial charge >= 0.3 is 0 Å². The maximum Gasteiger partial charge on any atom is 0.0100 e. The molecule has 2 saturated heterocycles. The molecule has 1 saturated carbocycles. The SMILES string of the molecule is BrCC1(CN2CCC(CN3CCCC3)CC2)CCCCC1. The van der Waals surface area contributed by atoms with Crippen LogP contribution < -0.4 is 0 Å². The Labute approximate surface area is 139 Å². The van der Waals surface area contributed by atoms with E-state index in [9.17, 15) is 0 Å². The Balaban J connectivity index is 1.42. The molecule has 0 aromatic rings. The topological polar surface area (TPSA) is 6.48 Å². The second-order valence-corrected chi connectivity index (χ2v) is 8.48. The summed E-state index contributed by atoms with van der Waals surface area (Å²) in [6.07, 6.45) is 13.0. The van der Waals surface area contributed by atoms with E-state index in [2.05, 4.69) is 25.7 Å². The normalized spacial score (nSPS) is 29.0. The molecule has 0 radical (unpaired) electrons. The molecular formula is C18H33BrN2. The molecule has 3 aliphatic rings. The van der Waals surface area contributed by atoms with Crippen LogP contribution in [0.4, 0.5) is 0 Å². The van der Waals surface area contributed by atoms with Gasteiger partial charge in [-0.25, -0.2) is 0 Å². The number of hydrogen-bond acceptors (Lipinski definition) is 2. The van der Waals surface area contributed by atoms with Crippen LogP contribution in [-0.4, -0.2) is 54.4 Å². The zero-order chi connectivity index (χ0) is 14.5. The smallest absolute Gasteiger partial charge is 0.0100 e. The minimum Gasteiger partial charge on any atom is -0.303 e. The Hall–Kier alpha value is 0.400. The van der Waals surface area contributed by atoms with Crippen LogP contribution in [0.2, 0.25) is 0 Å². The zero-order valence-corrected chi connectivity index (χ0v) is 15.2. The summed E-state index contributed by atoms with van der Waals surface area (Å²) in [5, 5.41) is 1.22. The fourth-order valence-electron chi connectivity index (χ4n) is 4.77. The van der Waals surface area contributed by atoms with Gasteiger partial charge in [0.15, 0.2) is 0 Å². The number of hydrogen-bond donors (Lipinski definition) is 0. The predicted octanol–water partition coefficient (Wildman–Crippen LogP) is 4.14. The molecule has 0 spiro atoms. The lowest BCUT2D eigenvalue weighted by molar-refractivity contribution is 0.0876. The van der Waals surface area contributed by atoms with Crippen LogP contribution in [0.5, 0.6) is 0 Å². The van der Waals surface area contributed by atoms with E-state index >= 15 is 0 Å². The highest BCUT2D eigenvalue weighted by Crippen LogP contribution is 2.39. The quantitative estimate of drug-likeness (QED) is 0.683. The van der Waals surface area contributed by atoms with Gasteiger partial charge < -0.3 is 9.80 Å². The number of rotatable bonds is 5. The molecule has 0 amide bonds. The standard InChI is InChI=1S/C18H33BrN2/c19-15-18(8-2-1-3-9-18)16-21-12-6-17(7-13-21)14-20-10-4-5-11-20/h17H,1-16H2. The molecule has 122 valence electrons. The zero-order valence-electron chi connectivity index (χ0n) is 13.7. The van der Waals surface area contributed by atoms with Crippen molar-refractivity contribution in [2.45, 2.75) is 57.8 Å². The minimum atomic E-state index is 0.597. The van der Waals surface area contributed by atoms with Crippen LogP contribution in [-0.2, 0) is 0 Å². The molecule has 1 aliphatic carbocycles. The van der Waals surface area contributed by atoms with E-state index in [0.29, 0.717) is 5.41 Å². The van der Waals surface area contributed by atoms with E-state index in [1.54, 1.807) is 0 Å². The maximum absolute atomic E-state index is 3.83. The van der Waals surface area contributed by atoms with Crippen molar-refractivity contribution in [2.75, 3.05) is 44.6 Å². The van der Waals surface area contributed by atoms with Crippen molar-refractivity contribution in [3.05, 3.63) is 0 Å². The minimum absolute atomic E-state index is 0.597. The Morgan fingerprint density at radius 2 is 1.48 bits per heavy atom. The van der Waals surface area contributed by atoms with Crippen LogP contribution in [0, 0.1) is 11.3 Å². The predicted molar refractivity (Wildman–Crippen MR) is 94.2 cm³/mol. The van der Waals surface area contributed by atoms with Crippen LogP contribution in [0.3, 0.4) is 0 Å². The van der Waals surface area contributed by atoms with Crippen LogP contribution in [0.15, 0.2) is 0 Å². The molecule has 21 heavy (non-hydrogen) atoms. The molecule has 3 heteroatoms. The Kier molecular flexibility index (Phi) is 6.03. The molecule has 0 N–H and O–H groups in total. The lowest BCUT2D eigenvalue weighted by Crippen LogP contribution is -2.45. The number of nitrogens with zero attached hydrogens (tertiary/aromatic N) is 2. The molecule has 3 fully saturated rings. The van der Waals surface area contributed by atoms with Crippen molar-refractivity contribution in [1.82, 2.24) is 9.80 Å². The largest absolute Gasteiger partial charge is 0.303 e. The fraction of sp³-hybridized carbons (Fsp3) is 1.00. The Morgan fingerprint density at radius 3 is 2.10 bits per heavy atom. The molecular weight excluding hydrogens is 324 g/mol. The molecule has 2 heterocycles. The average Bonchev–Trinajstić information content (AvgIpc) is 3.03. The molecule has 0 atom stereocenters. The van der Waals surface area contributed by atoms with Crippen molar-refractivity contribution in [2.24, 2.45) is 11.3 Å². The van der Waals surface area contributed by atoms with E-state index in [1.165, 1.54) is 102 Å². The van der Waals surface area contributed by atoms with Crippen LogP contribution in [0.25, 0.3) is 0 Å². The first kappa shape index (κ1) is 16.3. The van der Waals surface area contributed by atoms with Gasteiger partial charge in [-0.1, -0.05) is 35.2 Å². The van der Waals surface area contributed by atoms with Crippen molar-refractivity contribution in [3.8, 4) is 0 Å². The van der Waals surface area contributed by atoms with Gasteiger partial charge in [-0.2, -0.15) is 0 Å². The van der Waals surface area contributed by atoms with Crippen LogP contribution in [0.1, 0.15) is 57.8 Å². The van der Waals surface area contributed by atoms with E-state index in [-0.39, 0.29) is 0 Å². The summed E-state index contributed by atoms with van der Waals surface area (Å²) in [6.45, 7) is 8.19. The molecule has 3 rings (SSSR count). The number of alkyl halides is 1. The summed E-state index contributed by atoms with van der Waals surface area (Å²) in [5.41, 5.74) is 0.597. The summed E-state index contributed by atoms with van der Waals surface area (Å²) in [5.74, 6) is 0.977. The summed E-state index contributed by atoms with van der Waals surface area (Å²) in [4.78, 5) is 5.49. The van der Waals surface area contributed by atoms with E-state index < -0.39 is 0 Å². The molecule has 0 unspecified atom stereocenters. The molecule has 0 bridgehead atoms. The van der Waals surface area contributed by atoms with Gasteiger partial charge in [0.2, 0.25) is 0 Å².